The molecule has 4 nitrogen and oxygen atoms in total. The summed E-state index contributed by atoms with van der Waals surface area (Å²) in [7, 11) is 2.07. The maximum Gasteiger partial charge on any atom is 0.323 e. The topological polar surface area (TPSA) is 32.8 Å². The molecule has 0 saturated carbocycles. The zero-order valence-electron chi connectivity index (χ0n) is 16.4. The Morgan fingerprint density at radius 3 is 2.37 bits per heavy atom. The van der Waals surface area contributed by atoms with Crippen LogP contribution in [0.3, 0.4) is 0 Å². The van der Waals surface area contributed by atoms with Gasteiger partial charge in [0.25, 0.3) is 0 Å². The molecule has 0 amide bonds. The van der Waals surface area contributed by atoms with Crippen LogP contribution in [0.5, 0.6) is 0 Å². The molecule has 27 heavy (non-hydrogen) atoms. The number of esters is 1. The Morgan fingerprint density at radius 2 is 1.74 bits per heavy atom. The van der Waals surface area contributed by atoms with Crippen molar-refractivity contribution in [1.29, 1.82) is 0 Å². The van der Waals surface area contributed by atoms with Gasteiger partial charge in [-0.1, -0.05) is 48.5 Å². The van der Waals surface area contributed by atoms with Crippen LogP contribution in [0.25, 0.3) is 0 Å². The first kappa shape index (κ1) is 19.2. The first-order valence-electron chi connectivity index (χ1n) is 9.52. The fourth-order valence-electron chi connectivity index (χ4n) is 3.68. The fraction of sp³-hybridized carbons (Fsp3) is 0.348. The van der Waals surface area contributed by atoms with E-state index in [1.165, 1.54) is 16.8 Å². The molecular formula is C23H28N2O2. The molecule has 0 fully saturated rings. The smallest absolute Gasteiger partial charge is 0.323 e. The predicted octanol–water partition coefficient (Wildman–Crippen LogP) is 4.23. The highest BCUT2D eigenvalue weighted by Gasteiger charge is 2.34. The highest BCUT2D eigenvalue weighted by atomic mass is 16.5. The van der Waals surface area contributed by atoms with Crippen molar-refractivity contribution in [3.63, 3.8) is 0 Å². The van der Waals surface area contributed by atoms with Crippen molar-refractivity contribution < 1.29 is 9.53 Å². The van der Waals surface area contributed by atoms with Gasteiger partial charge in [0.2, 0.25) is 0 Å². The number of para-hydroxylation sites is 1. The maximum atomic E-state index is 12.7. The summed E-state index contributed by atoms with van der Waals surface area (Å²) < 4.78 is 5.40. The van der Waals surface area contributed by atoms with Crippen LogP contribution in [0.15, 0.2) is 71.9 Å². The summed E-state index contributed by atoms with van der Waals surface area (Å²) in [4.78, 5) is 17.1. The van der Waals surface area contributed by atoms with Gasteiger partial charge in [0, 0.05) is 37.9 Å². The van der Waals surface area contributed by atoms with Crippen LogP contribution in [0.2, 0.25) is 0 Å². The molecule has 0 saturated heterocycles. The van der Waals surface area contributed by atoms with Crippen molar-refractivity contribution in [2.45, 2.75) is 32.9 Å². The van der Waals surface area contributed by atoms with Crippen LogP contribution >= 0.6 is 0 Å². The minimum absolute atomic E-state index is 0.139. The first-order chi connectivity index (χ1) is 13.1. The lowest BCUT2D eigenvalue weighted by molar-refractivity contribution is -0.150. The van der Waals surface area contributed by atoms with Crippen molar-refractivity contribution in [2.24, 2.45) is 0 Å². The normalized spacial score (nSPS) is 17.7. The maximum absolute atomic E-state index is 12.7. The van der Waals surface area contributed by atoms with Crippen LogP contribution < -0.4 is 4.90 Å². The second-order valence-corrected chi connectivity index (χ2v) is 6.98. The zero-order valence-corrected chi connectivity index (χ0v) is 16.4. The van der Waals surface area contributed by atoms with Gasteiger partial charge < -0.3 is 9.64 Å². The van der Waals surface area contributed by atoms with Gasteiger partial charge in [-0.3, -0.25) is 9.69 Å². The fourth-order valence-corrected chi connectivity index (χ4v) is 3.68. The van der Waals surface area contributed by atoms with Gasteiger partial charge in [-0.15, -0.1) is 0 Å². The van der Waals surface area contributed by atoms with Crippen molar-refractivity contribution >= 4 is 11.7 Å². The van der Waals surface area contributed by atoms with E-state index in [0.717, 1.165) is 18.8 Å². The average Bonchev–Trinajstić information content (AvgIpc) is 2.69. The highest BCUT2D eigenvalue weighted by Crippen LogP contribution is 2.30. The molecule has 2 aromatic rings. The molecule has 1 aliphatic rings. The number of benzene rings is 2. The molecule has 0 aliphatic carbocycles. The predicted molar refractivity (Wildman–Crippen MR) is 109 cm³/mol. The largest absolute Gasteiger partial charge is 0.465 e. The third-order valence-corrected chi connectivity index (χ3v) is 5.10. The molecule has 2 aromatic carbocycles. The summed E-state index contributed by atoms with van der Waals surface area (Å²) in [5.74, 6) is -0.139. The molecule has 0 unspecified atom stereocenters. The van der Waals surface area contributed by atoms with Gasteiger partial charge >= 0.3 is 5.97 Å². The van der Waals surface area contributed by atoms with Crippen molar-refractivity contribution in [1.82, 2.24) is 4.90 Å². The van der Waals surface area contributed by atoms with E-state index in [4.69, 9.17) is 4.74 Å². The zero-order chi connectivity index (χ0) is 19.2. The van der Waals surface area contributed by atoms with Crippen LogP contribution in [0, 0.1) is 0 Å². The van der Waals surface area contributed by atoms with E-state index in [1.807, 2.05) is 43.3 Å². The summed E-state index contributed by atoms with van der Waals surface area (Å²) in [6, 6.07) is 20.3. The van der Waals surface area contributed by atoms with Gasteiger partial charge in [-0.2, -0.15) is 0 Å². The number of hydrogen-bond acceptors (Lipinski definition) is 4. The van der Waals surface area contributed by atoms with E-state index in [1.54, 1.807) is 0 Å². The van der Waals surface area contributed by atoms with Gasteiger partial charge in [0.15, 0.2) is 0 Å². The van der Waals surface area contributed by atoms with Gasteiger partial charge in [-0.25, -0.2) is 0 Å². The van der Waals surface area contributed by atoms with E-state index < -0.39 is 0 Å². The summed E-state index contributed by atoms with van der Waals surface area (Å²) in [5.41, 5.74) is 4.83. The number of anilines is 1. The van der Waals surface area contributed by atoms with Crippen LogP contribution in [-0.2, 0) is 16.1 Å². The highest BCUT2D eigenvalue weighted by molar-refractivity contribution is 5.77. The van der Waals surface area contributed by atoms with E-state index in [-0.39, 0.29) is 12.0 Å². The third kappa shape index (κ3) is 4.58. The van der Waals surface area contributed by atoms with Crippen molar-refractivity contribution in [2.75, 3.05) is 25.1 Å². The average molecular weight is 364 g/mol. The monoisotopic (exact) mass is 364 g/mol. The molecule has 4 heteroatoms. The quantitative estimate of drug-likeness (QED) is 0.718. The second-order valence-electron chi connectivity index (χ2n) is 6.98. The SMILES string of the molecule is CCOC(=O)[C@@H]1CC(N(C)c2ccccc2)=C(C)CN1Cc1ccccc1. The summed E-state index contributed by atoms with van der Waals surface area (Å²) in [5, 5.41) is 0. The second kappa shape index (κ2) is 8.87. The molecule has 1 heterocycles. The molecule has 1 atom stereocenters. The minimum atomic E-state index is -0.269. The molecule has 0 N–H and O–H groups in total. The number of carbonyl (C=O) groups excluding carboxylic acids is 1. The van der Waals surface area contributed by atoms with E-state index in [2.05, 4.69) is 48.0 Å². The molecule has 0 spiro atoms. The van der Waals surface area contributed by atoms with Gasteiger partial charge in [-0.05, 0) is 37.1 Å². The lowest BCUT2D eigenvalue weighted by Crippen LogP contribution is -2.47. The Hall–Kier alpha value is -2.59. The number of carbonyl (C=O) groups is 1. The van der Waals surface area contributed by atoms with Crippen molar-refractivity contribution in [3.05, 3.63) is 77.5 Å². The van der Waals surface area contributed by atoms with Gasteiger partial charge in [0.05, 0.1) is 6.61 Å². The summed E-state index contributed by atoms with van der Waals surface area (Å²) in [6.45, 7) is 5.92. The lowest BCUT2D eigenvalue weighted by atomic mass is 9.97. The number of rotatable bonds is 6. The van der Waals surface area contributed by atoms with E-state index >= 15 is 0 Å². The first-order valence-corrected chi connectivity index (χ1v) is 9.52. The molecule has 3 rings (SSSR count). The van der Waals surface area contributed by atoms with E-state index in [0.29, 0.717) is 13.0 Å². The van der Waals surface area contributed by atoms with E-state index in [9.17, 15) is 4.79 Å². The Balaban J connectivity index is 1.87. The Labute approximate surface area is 162 Å². The Bertz CT molecular complexity index is 787. The minimum Gasteiger partial charge on any atom is -0.465 e. The summed E-state index contributed by atoms with van der Waals surface area (Å²) >= 11 is 0. The molecule has 1 aliphatic heterocycles. The van der Waals surface area contributed by atoms with Crippen LogP contribution in [0.4, 0.5) is 5.69 Å². The number of ether oxygens (including phenoxy) is 1. The molecule has 0 bridgehead atoms. The Kier molecular flexibility index (Phi) is 6.30. The number of nitrogens with zero attached hydrogens (tertiary/aromatic N) is 2. The van der Waals surface area contributed by atoms with Crippen LogP contribution in [0.1, 0.15) is 25.8 Å². The van der Waals surface area contributed by atoms with Crippen molar-refractivity contribution in [3.8, 4) is 0 Å². The molecule has 0 radical (unpaired) electrons. The molecular weight excluding hydrogens is 336 g/mol. The van der Waals surface area contributed by atoms with Gasteiger partial charge in [0.1, 0.15) is 6.04 Å². The molecule has 0 aromatic heterocycles. The standard InChI is InChI=1S/C23H28N2O2/c1-4-27-23(26)22-15-21(24(3)20-13-9-6-10-14-20)18(2)16-25(22)17-19-11-7-5-8-12-19/h5-14,22H,4,15-17H2,1-3H3/t22-/m0/s1. The Morgan fingerprint density at radius 1 is 1.11 bits per heavy atom. The summed E-state index contributed by atoms with van der Waals surface area (Å²) in [6.07, 6.45) is 0.656. The number of hydrogen-bond donors (Lipinski definition) is 0. The third-order valence-electron chi connectivity index (χ3n) is 5.10. The lowest BCUT2D eigenvalue weighted by Gasteiger charge is -2.39. The molecule has 142 valence electrons. The van der Waals surface area contributed by atoms with Crippen LogP contribution in [-0.4, -0.2) is 37.1 Å².